The molecule has 0 saturated carbocycles. The molecule has 0 radical (unpaired) electrons. The number of rotatable bonds is 5. The predicted octanol–water partition coefficient (Wildman–Crippen LogP) is 2.08. The van der Waals surface area contributed by atoms with Crippen LogP contribution in [0.2, 0.25) is 0 Å². The number of ether oxygens (including phenoxy) is 1. The number of likely N-dealkylation sites (N-methyl/N-ethyl adjacent to an activating group) is 1. The van der Waals surface area contributed by atoms with Gasteiger partial charge in [-0.1, -0.05) is 12.1 Å². The van der Waals surface area contributed by atoms with Gasteiger partial charge >= 0.3 is 5.90 Å². The molecule has 0 amide bonds. The lowest BCUT2D eigenvalue weighted by atomic mass is 10.1. The zero-order chi connectivity index (χ0) is 17.9. The Morgan fingerprint density at radius 3 is 2.72 bits per heavy atom. The summed E-state index contributed by atoms with van der Waals surface area (Å²) in [4.78, 5) is 0.359. The molecule has 1 aromatic carbocycles. The van der Waals surface area contributed by atoms with Gasteiger partial charge in [0, 0.05) is 17.1 Å². The van der Waals surface area contributed by atoms with E-state index in [9.17, 15) is 8.42 Å². The second-order valence-corrected chi connectivity index (χ2v) is 10.2. The van der Waals surface area contributed by atoms with Crippen LogP contribution in [0.25, 0.3) is 0 Å². The Hall–Kier alpha value is -1.05. The van der Waals surface area contributed by atoms with Gasteiger partial charge in [0.05, 0.1) is 18.0 Å². The SMILES string of the molecule is C[N+]1=C(OCCC2CCCS2)CNCC1c1ccc(S(C)(=O)=O)cc1. The van der Waals surface area contributed by atoms with Crippen LogP contribution in [0.4, 0.5) is 0 Å². The van der Waals surface area contributed by atoms with E-state index in [0.29, 0.717) is 4.90 Å². The minimum absolute atomic E-state index is 0.151. The molecule has 2 aliphatic rings. The van der Waals surface area contributed by atoms with Gasteiger partial charge in [-0.05, 0) is 37.1 Å². The standard InChI is InChI=1S/C18H27N2O3S2/c1-20-17(14-5-7-16(8-6-14)25(2,21)22)12-19-13-18(20)23-10-9-15-4-3-11-24-15/h5-8,15,17,19H,3-4,9-13H2,1-2H3/q+1. The van der Waals surface area contributed by atoms with Crippen molar-refractivity contribution in [3.8, 4) is 0 Å². The van der Waals surface area contributed by atoms with Crippen molar-refractivity contribution in [2.24, 2.45) is 0 Å². The Morgan fingerprint density at radius 2 is 2.08 bits per heavy atom. The second kappa shape index (κ2) is 8.10. The van der Waals surface area contributed by atoms with Crippen molar-refractivity contribution in [1.82, 2.24) is 5.32 Å². The summed E-state index contributed by atoms with van der Waals surface area (Å²) in [5, 5.41) is 4.16. The van der Waals surface area contributed by atoms with Gasteiger partial charge in [-0.3, -0.25) is 5.32 Å². The molecule has 1 fully saturated rings. The minimum atomic E-state index is -3.16. The summed E-state index contributed by atoms with van der Waals surface area (Å²) in [7, 11) is -1.10. The Balaban J connectivity index is 1.66. The van der Waals surface area contributed by atoms with E-state index in [1.807, 2.05) is 12.1 Å². The van der Waals surface area contributed by atoms with Gasteiger partial charge in [0.1, 0.15) is 13.6 Å². The Kier molecular flexibility index (Phi) is 6.07. The predicted molar refractivity (Wildman–Crippen MR) is 102 cm³/mol. The summed E-state index contributed by atoms with van der Waals surface area (Å²) in [5.41, 5.74) is 1.09. The molecule has 1 N–H and O–H groups in total. The summed E-state index contributed by atoms with van der Waals surface area (Å²) in [6.45, 7) is 2.32. The molecule has 0 bridgehead atoms. The first-order valence-corrected chi connectivity index (χ1v) is 11.7. The molecule has 0 aromatic heterocycles. The van der Waals surface area contributed by atoms with Gasteiger partial charge in [0.2, 0.25) is 0 Å². The van der Waals surface area contributed by atoms with E-state index >= 15 is 0 Å². The summed E-state index contributed by atoms with van der Waals surface area (Å²) in [6.07, 6.45) is 4.99. The van der Waals surface area contributed by atoms with Crippen molar-refractivity contribution in [2.75, 3.05) is 38.8 Å². The summed E-state index contributed by atoms with van der Waals surface area (Å²) in [5.74, 6) is 2.25. The molecule has 1 saturated heterocycles. The van der Waals surface area contributed by atoms with Crippen molar-refractivity contribution < 1.29 is 17.7 Å². The minimum Gasteiger partial charge on any atom is -0.447 e. The quantitative estimate of drug-likeness (QED) is 0.789. The van der Waals surface area contributed by atoms with Gasteiger partial charge in [-0.25, -0.2) is 8.42 Å². The lowest BCUT2D eigenvalue weighted by Gasteiger charge is -2.22. The fourth-order valence-electron chi connectivity index (χ4n) is 3.36. The Labute approximate surface area is 154 Å². The molecule has 2 heterocycles. The molecule has 3 rings (SSSR count). The van der Waals surface area contributed by atoms with Crippen molar-refractivity contribution in [3.63, 3.8) is 0 Å². The van der Waals surface area contributed by atoms with E-state index in [-0.39, 0.29) is 6.04 Å². The van der Waals surface area contributed by atoms with Crippen LogP contribution in [0.5, 0.6) is 0 Å². The zero-order valence-corrected chi connectivity index (χ0v) is 16.5. The van der Waals surface area contributed by atoms with Gasteiger partial charge in [-0.15, -0.1) is 0 Å². The average molecular weight is 384 g/mol. The largest absolute Gasteiger partial charge is 0.447 e. The van der Waals surface area contributed by atoms with Gasteiger partial charge in [0.25, 0.3) is 0 Å². The first-order chi connectivity index (χ1) is 11.9. The number of nitrogens with one attached hydrogen (secondary N) is 1. The Bertz CT molecular complexity index is 723. The fourth-order valence-corrected chi connectivity index (χ4v) is 5.26. The lowest BCUT2D eigenvalue weighted by molar-refractivity contribution is -0.555. The lowest BCUT2D eigenvalue weighted by Crippen LogP contribution is -2.43. The van der Waals surface area contributed by atoms with Crippen LogP contribution < -0.4 is 5.32 Å². The average Bonchev–Trinajstić information content (AvgIpc) is 3.09. The smallest absolute Gasteiger partial charge is 0.351 e. The van der Waals surface area contributed by atoms with Crippen LogP contribution in [0, 0.1) is 0 Å². The van der Waals surface area contributed by atoms with E-state index in [2.05, 4.69) is 28.7 Å². The maximum atomic E-state index is 11.6. The molecule has 2 atom stereocenters. The monoisotopic (exact) mass is 383 g/mol. The number of hydrogen-bond donors (Lipinski definition) is 1. The van der Waals surface area contributed by atoms with E-state index < -0.39 is 9.84 Å². The summed E-state index contributed by atoms with van der Waals surface area (Å²) >= 11 is 2.06. The summed E-state index contributed by atoms with van der Waals surface area (Å²) < 4.78 is 31.5. The number of benzene rings is 1. The van der Waals surface area contributed by atoms with E-state index in [0.717, 1.165) is 42.8 Å². The van der Waals surface area contributed by atoms with Crippen LogP contribution >= 0.6 is 11.8 Å². The van der Waals surface area contributed by atoms with Crippen LogP contribution in [-0.4, -0.2) is 62.9 Å². The maximum Gasteiger partial charge on any atom is 0.351 e. The highest BCUT2D eigenvalue weighted by Crippen LogP contribution is 2.28. The van der Waals surface area contributed by atoms with Crippen LogP contribution in [-0.2, 0) is 14.6 Å². The fraction of sp³-hybridized carbons (Fsp3) is 0.611. The third-order valence-electron chi connectivity index (χ3n) is 4.90. The number of hydrogen-bond acceptors (Lipinski definition) is 5. The van der Waals surface area contributed by atoms with Crippen molar-refractivity contribution in [2.45, 2.75) is 35.4 Å². The van der Waals surface area contributed by atoms with Crippen molar-refractivity contribution in [1.29, 1.82) is 0 Å². The highest BCUT2D eigenvalue weighted by molar-refractivity contribution is 8.00. The van der Waals surface area contributed by atoms with Gasteiger partial charge in [-0.2, -0.15) is 16.3 Å². The third kappa shape index (κ3) is 4.77. The van der Waals surface area contributed by atoms with Crippen LogP contribution in [0.3, 0.4) is 0 Å². The van der Waals surface area contributed by atoms with Gasteiger partial charge < -0.3 is 4.74 Å². The highest BCUT2D eigenvalue weighted by atomic mass is 32.2. The van der Waals surface area contributed by atoms with E-state index in [1.54, 1.807) is 12.1 Å². The van der Waals surface area contributed by atoms with E-state index in [1.165, 1.54) is 24.9 Å². The molecule has 1 aromatic rings. The zero-order valence-electron chi connectivity index (χ0n) is 14.9. The number of sulfone groups is 1. The molecule has 0 aliphatic carbocycles. The molecule has 7 heteroatoms. The first kappa shape index (κ1) is 18.7. The van der Waals surface area contributed by atoms with Crippen molar-refractivity contribution in [3.05, 3.63) is 29.8 Å². The molecule has 25 heavy (non-hydrogen) atoms. The van der Waals surface area contributed by atoms with Gasteiger partial charge in [0.15, 0.2) is 15.9 Å². The molecular formula is C18H27N2O3S2+. The van der Waals surface area contributed by atoms with Crippen LogP contribution in [0.1, 0.15) is 30.9 Å². The highest BCUT2D eigenvalue weighted by Gasteiger charge is 2.30. The van der Waals surface area contributed by atoms with Crippen molar-refractivity contribution >= 4 is 27.5 Å². The molecule has 5 nitrogen and oxygen atoms in total. The maximum absolute atomic E-state index is 11.6. The first-order valence-electron chi connectivity index (χ1n) is 8.79. The second-order valence-electron chi connectivity index (χ2n) is 6.76. The molecule has 2 unspecified atom stereocenters. The molecule has 2 aliphatic heterocycles. The topological polar surface area (TPSA) is 58.4 Å². The molecule has 0 spiro atoms. The number of nitrogens with zero attached hydrogens (tertiary/aromatic N) is 1. The molecular weight excluding hydrogens is 356 g/mol. The van der Waals surface area contributed by atoms with E-state index in [4.69, 9.17) is 4.74 Å². The third-order valence-corrected chi connectivity index (χ3v) is 7.50. The number of thioether (sulfide) groups is 1. The Morgan fingerprint density at radius 1 is 1.32 bits per heavy atom. The molecule has 138 valence electrons. The van der Waals surface area contributed by atoms with Crippen LogP contribution in [0.15, 0.2) is 29.2 Å². The summed E-state index contributed by atoms with van der Waals surface area (Å²) in [6, 6.07) is 7.32. The normalized spacial score (nSPS) is 24.6.